The first-order valence-corrected chi connectivity index (χ1v) is 6.54. The lowest BCUT2D eigenvalue weighted by molar-refractivity contribution is 0.0889. The van der Waals surface area contributed by atoms with Crippen LogP contribution in [0.1, 0.15) is 40.9 Å². The molecule has 2 aromatic rings. The molecule has 2 aromatic heterocycles. The molecular weight excluding hydrogens is 258 g/mol. The van der Waals surface area contributed by atoms with Crippen LogP contribution in [0.25, 0.3) is 0 Å². The van der Waals surface area contributed by atoms with Crippen LogP contribution < -0.4 is 5.32 Å². The Morgan fingerprint density at radius 1 is 1.45 bits per heavy atom. The fourth-order valence-corrected chi connectivity index (χ4v) is 2.23. The molecule has 3 rings (SSSR count). The molecule has 1 N–H and O–H groups in total. The molecule has 0 radical (unpaired) electrons. The lowest BCUT2D eigenvalue weighted by Crippen LogP contribution is -2.16. The standard InChI is InChI=1S/C14H15N3O3/c1-9-4-2-6-11(16-9)17-14(18)12-13(20-8-15-12)10-5-3-7-19-10/h2,4,6,8,10H,3,5,7H2,1H3,(H,16,17,18). The number of pyridine rings is 1. The third-order valence-corrected chi connectivity index (χ3v) is 3.16. The molecule has 3 heterocycles. The molecular formula is C14H15N3O3. The van der Waals surface area contributed by atoms with Gasteiger partial charge in [-0.05, 0) is 31.9 Å². The number of hydrogen-bond acceptors (Lipinski definition) is 5. The normalized spacial score (nSPS) is 18.1. The summed E-state index contributed by atoms with van der Waals surface area (Å²) in [6.07, 6.45) is 2.91. The van der Waals surface area contributed by atoms with Crippen LogP contribution in [0.2, 0.25) is 0 Å². The number of nitrogens with zero attached hydrogens (tertiary/aromatic N) is 2. The quantitative estimate of drug-likeness (QED) is 0.929. The molecule has 6 heteroatoms. The number of amides is 1. The summed E-state index contributed by atoms with van der Waals surface area (Å²) in [6.45, 7) is 2.55. The highest BCUT2D eigenvalue weighted by molar-refractivity contribution is 6.03. The van der Waals surface area contributed by atoms with Gasteiger partial charge >= 0.3 is 0 Å². The van der Waals surface area contributed by atoms with Crippen molar-refractivity contribution < 1.29 is 13.9 Å². The number of anilines is 1. The maximum absolute atomic E-state index is 12.2. The average molecular weight is 273 g/mol. The van der Waals surface area contributed by atoms with Crippen LogP contribution >= 0.6 is 0 Å². The number of rotatable bonds is 3. The number of nitrogens with one attached hydrogen (secondary N) is 1. The largest absolute Gasteiger partial charge is 0.445 e. The van der Waals surface area contributed by atoms with E-state index >= 15 is 0 Å². The Hall–Kier alpha value is -2.21. The predicted octanol–water partition coefficient (Wildman–Crippen LogP) is 2.48. The van der Waals surface area contributed by atoms with Crippen LogP contribution in [0.15, 0.2) is 29.0 Å². The van der Waals surface area contributed by atoms with Crippen molar-refractivity contribution in [3.8, 4) is 0 Å². The molecule has 1 amide bonds. The summed E-state index contributed by atoms with van der Waals surface area (Å²) in [5.74, 6) is 0.659. The second kappa shape index (κ2) is 5.42. The maximum atomic E-state index is 12.2. The van der Waals surface area contributed by atoms with Crippen LogP contribution in [0.4, 0.5) is 5.82 Å². The zero-order chi connectivity index (χ0) is 13.9. The Labute approximate surface area is 116 Å². The predicted molar refractivity (Wildman–Crippen MR) is 71.4 cm³/mol. The third kappa shape index (κ3) is 2.55. The van der Waals surface area contributed by atoms with Crippen molar-refractivity contribution in [2.45, 2.75) is 25.9 Å². The van der Waals surface area contributed by atoms with Gasteiger partial charge in [0.1, 0.15) is 11.9 Å². The molecule has 0 bridgehead atoms. The van der Waals surface area contributed by atoms with Crippen molar-refractivity contribution in [2.75, 3.05) is 11.9 Å². The number of ether oxygens (including phenoxy) is 1. The Bertz CT molecular complexity index is 618. The van der Waals surface area contributed by atoms with Crippen molar-refractivity contribution in [3.63, 3.8) is 0 Å². The van der Waals surface area contributed by atoms with Gasteiger partial charge in [-0.25, -0.2) is 9.97 Å². The van der Waals surface area contributed by atoms with Gasteiger partial charge in [0.15, 0.2) is 17.8 Å². The van der Waals surface area contributed by atoms with E-state index in [4.69, 9.17) is 9.15 Å². The molecule has 1 atom stereocenters. The summed E-state index contributed by atoms with van der Waals surface area (Å²) in [6, 6.07) is 5.43. The van der Waals surface area contributed by atoms with E-state index in [2.05, 4.69) is 15.3 Å². The van der Waals surface area contributed by atoms with Crippen LogP contribution in [0.5, 0.6) is 0 Å². The fourth-order valence-electron chi connectivity index (χ4n) is 2.23. The Morgan fingerprint density at radius 2 is 2.35 bits per heavy atom. The summed E-state index contributed by atoms with van der Waals surface area (Å²) in [5, 5.41) is 2.72. The Balaban J connectivity index is 1.79. The number of aryl methyl sites for hydroxylation is 1. The minimum atomic E-state index is -0.331. The van der Waals surface area contributed by atoms with Crippen LogP contribution in [0.3, 0.4) is 0 Å². The van der Waals surface area contributed by atoms with Gasteiger partial charge in [-0.15, -0.1) is 0 Å². The van der Waals surface area contributed by atoms with Gasteiger partial charge in [0, 0.05) is 12.3 Å². The molecule has 0 aromatic carbocycles. The van der Waals surface area contributed by atoms with Gasteiger partial charge in [-0.1, -0.05) is 6.07 Å². The number of oxazole rings is 1. The van der Waals surface area contributed by atoms with Crippen molar-refractivity contribution in [1.29, 1.82) is 0 Å². The molecule has 20 heavy (non-hydrogen) atoms. The van der Waals surface area contributed by atoms with Crippen molar-refractivity contribution in [1.82, 2.24) is 9.97 Å². The number of carbonyl (C=O) groups is 1. The third-order valence-electron chi connectivity index (χ3n) is 3.16. The minimum Gasteiger partial charge on any atom is -0.445 e. The lowest BCUT2D eigenvalue weighted by Gasteiger charge is -2.08. The second-order valence-electron chi connectivity index (χ2n) is 4.69. The van der Waals surface area contributed by atoms with Crippen LogP contribution in [-0.4, -0.2) is 22.5 Å². The summed E-state index contributed by atoms with van der Waals surface area (Å²) >= 11 is 0. The Kier molecular flexibility index (Phi) is 3.47. The number of carbonyl (C=O) groups excluding carboxylic acids is 1. The summed E-state index contributed by atoms with van der Waals surface area (Å²) < 4.78 is 10.8. The number of hydrogen-bond donors (Lipinski definition) is 1. The van der Waals surface area contributed by atoms with Gasteiger partial charge in [0.2, 0.25) is 0 Å². The molecule has 1 unspecified atom stereocenters. The maximum Gasteiger partial charge on any atom is 0.279 e. The van der Waals surface area contributed by atoms with E-state index in [1.807, 2.05) is 19.1 Å². The summed E-state index contributed by atoms with van der Waals surface area (Å²) in [7, 11) is 0. The van der Waals surface area contributed by atoms with E-state index in [1.165, 1.54) is 6.39 Å². The highest BCUT2D eigenvalue weighted by Crippen LogP contribution is 2.30. The van der Waals surface area contributed by atoms with Gasteiger partial charge in [0.05, 0.1) is 0 Å². The molecule has 0 aliphatic carbocycles. The zero-order valence-electron chi connectivity index (χ0n) is 11.1. The first-order chi connectivity index (χ1) is 9.74. The molecule has 1 saturated heterocycles. The van der Waals surface area contributed by atoms with E-state index < -0.39 is 0 Å². The highest BCUT2D eigenvalue weighted by atomic mass is 16.5. The second-order valence-corrected chi connectivity index (χ2v) is 4.69. The van der Waals surface area contributed by atoms with E-state index in [0.29, 0.717) is 18.2 Å². The average Bonchev–Trinajstić information content (AvgIpc) is 3.09. The van der Waals surface area contributed by atoms with E-state index in [0.717, 1.165) is 18.5 Å². The SMILES string of the molecule is Cc1cccc(NC(=O)c2ncoc2C2CCCO2)n1. The van der Waals surface area contributed by atoms with E-state index in [9.17, 15) is 4.79 Å². The first-order valence-electron chi connectivity index (χ1n) is 6.54. The molecule has 6 nitrogen and oxygen atoms in total. The van der Waals surface area contributed by atoms with E-state index in [1.54, 1.807) is 6.07 Å². The molecule has 1 fully saturated rings. The van der Waals surface area contributed by atoms with Crippen molar-refractivity contribution in [2.24, 2.45) is 0 Å². The fraction of sp³-hybridized carbons (Fsp3) is 0.357. The number of aromatic nitrogens is 2. The first kappa shape index (κ1) is 12.8. The summed E-state index contributed by atoms with van der Waals surface area (Å²) in [5.41, 5.74) is 1.10. The smallest absolute Gasteiger partial charge is 0.279 e. The van der Waals surface area contributed by atoms with Crippen LogP contribution in [-0.2, 0) is 4.74 Å². The lowest BCUT2D eigenvalue weighted by atomic mass is 10.1. The van der Waals surface area contributed by atoms with Crippen molar-refractivity contribution >= 4 is 11.7 Å². The summed E-state index contributed by atoms with van der Waals surface area (Å²) in [4.78, 5) is 20.5. The van der Waals surface area contributed by atoms with Crippen LogP contribution in [0, 0.1) is 6.92 Å². The van der Waals surface area contributed by atoms with Gasteiger partial charge in [-0.2, -0.15) is 0 Å². The van der Waals surface area contributed by atoms with Gasteiger partial charge in [0.25, 0.3) is 5.91 Å². The molecule has 104 valence electrons. The molecule has 0 saturated carbocycles. The van der Waals surface area contributed by atoms with Crippen molar-refractivity contribution in [3.05, 3.63) is 41.7 Å². The molecule has 1 aliphatic rings. The molecule has 1 aliphatic heterocycles. The topological polar surface area (TPSA) is 77.2 Å². The van der Waals surface area contributed by atoms with Gasteiger partial charge < -0.3 is 14.5 Å². The van der Waals surface area contributed by atoms with Gasteiger partial charge in [-0.3, -0.25) is 4.79 Å². The van der Waals surface area contributed by atoms with E-state index in [-0.39, 0.29) is 17.7 Å². The highest BCUT2D eigenvalue weighted by Gasteiger charge is 2.28. The Morgan fingerprint density at radius 3 is 3.10 bits per heavy atom. The monoisotopic (exact) mass is 273 g/mol. The zero-order valence-corrected chi connectivity index (χ0v) is 11.1. The molecule has 0 spiro atoms. The minimum absolute atomic E-state index is 0.177.